The van der Waals surface area contributed by atoms with Crippen molar-refractivity contribution in [3.05, 3.63) is 18.0 Å². The van der Waals surface area contributed by atoms with E-state index in [0.717, 1.165) is 0 Å². The Morgan fingerprint density at radius 2 is 2.43 bits per heavy atom. The van der Waals surface area contributed by atoms with Gasteiger partial charge < -0.3 is 5.11 Å². The Balaban J connectivity index is 2.50. The van der Waals surface area contributed by atoms with E-state index in [0.29, 0.717) is 18.4 Å². The Hall–Kier alpha value is -1.16. The molecule has 0 aliphatic rings. The predicted molar refractivity (Wildman–Crippen MR) is 53.0 cm³/mol. The normalized spacial score (nSPS) is 12.8. The van der Waals surface area contributed by atoms with E-state index >= 15 is 0 Å². The van der Waals surface area contributed by atoms with Crippen LogP contribution in [-0.4, -0.2) is 27.3 Å². The van der Waals surface area contributed by atoms with Crippen molar-refractivity contribution >= 4 is 5.78 Å². The minimum Gasteiger partial charge on any atom is -0.396 e. The summed E-state index contributed by atoms with van der Waals surface area (Å²) in [6.07, 6.45) is 4.44. The van der Waals surface area contributed by atoms with Crippen LogP contribution in [0.3, 0.4) is 0 Å². The predicted octanol–water partition coefficient (Wildman–Crippen LogP) is 1.01. The van der Waals surface area contributed by atoms with Crippen molar-refractivity contribution in [2.75, 3.05) is 6.61 Å². The lowest BCUT2D eigenvalue weighted by Gasteiger charge is -2.06. The first-order chi connectivity index (χ1) is 6.63. The van der Waals surface area contributed by atoms with Gasteiger partial charge in [0, 0.05) is 26.3 Å². The van der Waals surface area contributed by atoms with Gasteiger partial charge in [0.15, 0.2) is 5.78 Å². The number of nitrogens with zero attached hydrogens (tertiary/aromatic N) is 2. The van der Waals surface area contributed by atoms with Gasteiger partial charge in [0.1, 0.15) is 0 Å². The number of rotatable bonds is 5. The molecule has 0 aliphatic carbocycles. The summed E-state index contributed by atoms with van der Waals surface area (Å²) in [6, 6.07) is 0. The molecule has 0 spiro atoms. The maximum atomic E-state index is 11.6. The number of hydrogen-bond donors (Lipinski definition) is 1. The van der Waals surface area contributed by atoms with E-state index in [4.69, 9.17) is 5.11 Å². The van der Waals surface area contributed by atoms with Crippen molar-refractivity contribution in [3.8, 4) is 0 Å². The van der Waals surface area contributed by atoms with Gasteiger partial charge in [0.2, 0.25) is 0 Å². The maximum Gasteiger partial charge on any atom is 0.166 e. The largest absolute Gasteiger partial charge is 0.396 e. The van der Waals surface area contributed by atoms with E-state index in [1.807, 2.05) is 6.92 Å². The molecule has 78 valence electrons. The van der Waals surface area contributed by atoms with Crippen LogP contribution in [-0.2, 0) is 7.05 Å². The van der Waals surface area contributed by atoms with Gasteiger partial charge in [-0.2, -0.15) is 5.10 Å². The fourth-order valence-electron chi connectivity index (χ4n) is 1.32. The van der Waals surface area contributed by atoms with Gasteiger partial charge in [0.25, 0.3) is 0 Å². The topological polar surface area (TPSA) is 55.1 Å². The Morgan fingerprint density at radius 1 is 1.71 bits per heavy atom. The third-order valence-electron chi connectivity index (χ3n) is 2.18. The Bertz CT molecular complexity index is 307. The number of aliphatic hydroxyl groups is 1. The minimum atomic E-state index is 0.0963. The molecule has 0 bridgehead atoms. The summed E-state index contributed by atoms with van der Waals surface area (Å²) in [6.45, 7) is 2.10. The number of ketones is 1. The van der Waals surface area contributed by atoms with Gasteiger partial charge in [-0.15, -0.1) is 0 Å². The van der Waals surface area contributed by atoms with Crippen LogP contribution in [0.25, 0.3) is 0 Å². The molecule has 0 radical (unpaired) electrons. The molecule has 1 aromatic rings. The van der Waals surface area contributed by atoms with E-state index in [1.165, 1.54) is 0 Å². The van der Waals surface area contributed by atoms with E-state index in [2.05, 4.69) is 5.10 Å². The summed E-state index contributed by atoms with van der Waals surface area (Å²) >= 11 is 0. The van der Waals surface area contributed by atoms with Crippen molar-refractivity contribution in [1.82, 2.24) is 9.78 Å². The molecule has 1 aromatic heterocycles. The zero-order valence-electron chi connectivity index (χ0n) is 8.60. The molecule has 0 saturated heterocycles. The molecule has 1 heterocycles. The van der Waals surface area contributed by atoms with Gasteiger partial charge in [-0.25, -0.2) is 0 Å². The number of aliphatic hydroxyl groups excluding tert-OH is 1. The summed E-state index contributed by atoms with van der Waals surface area (Å²) in [5, 5.41) is 12.6. The molecule has 1 rings (SSSR count). The van der Waals surface area contributed by atoms with Crippen LogP contribution >= 0.6 is 0 Å². The fourth-order valence-corrected chi connectivity index (χ4v) is 1.32. The number of carbonyl (C=O) groups excluding carboxylic acids is 1. The summed E-state index contributed by atoms with van der Waals surface area (Å²) in [4.78, 5) is 11.6. The van der Waals surface area contributed by atoms with Crippen molar-refractivity contribution in [2.24, 2.45) is 13.0 Å². The summed E-state index contributed by atoms with van der Waals surface area (Å²) in [7, 11) is 1.79. The van der Waals surface area contributed by atoms with Crippen LogP contribution in [0.1, 0.15) is 30.1 Å². The lowest BCUT2D eigenvalue weighted by Crippen LogP contribution is -2.06. The second kappa shape index (κ2) is 4.91. The quantitative estimate of drug-likeness (QED) is 0.715. The van der Waals surface area contributed by atoms with Gasteiger partial charge in [0.05, 0.1) is 11.8 Å². The second-order valence-corrected chi connectivity index (χ2v) is 3.65. The van der Waals surface area contributed by atoms with E-state index < -0.39 is 0 Å². The highest BCUT2D eigenvalue weighted by Gasteiger charge is 2.12. The monoisotopic (exact) mass is 196 g/mol. The van der Waals surface area contributed by atoms with Crippen molar-refractivity contribution in [1.29, 1.82) is 0 Å². The molecule has 0 saturated carbocycles. The first kappa shape index (κ1) is 10.9. The van der Waals surface area contributed by atoms with Gasteiger partial charge in [-0.05, 0) is 12.3 Å². The molecule has 0 unspecified atom stereocenters. The van der Waals surface area contributed by atoms with Crippen molar-refractivity contribution in [3.63, 3.8) is 0 Å². The summed E-state index contributed by atoms with van der Waals surface area (Å²) in [5.41, 5.74) is 0.650. The van der Waals surface area contributed by atoms with Crippen molar-refractivity contribution < 1.29 is 9.90 Å². The first-order valence-corrected chi connectivity index (χ1v) is 4.76. The minimum absolute atomic E-state index is 0.0963. The molecule has 4 heteroatoms. The maximum absolute atomic E-state index is 11.6. The molecule has 0 aromatic carbocycles. The fraction of sp³-hybridized carbons (Fsp3) is 0.600. The lowest BCUT2D eigenvalue weighted by atomic mass is 9.99. The zero-order chi connectivity index (χ0) is 10.6. The van der Waals surface area contributed by atoms with E-state index in [1.54, 1.807) is 24.1 Å². The Kier molecular flexibility index (Phi) is 3.83. The molecule has 14 heavy (non-hydrogen) atoms. The summed E-state index contributed by atoms with van der Waals surface area (Å²) in [5.74, 6) is 0.326. The SMILES string of the molecule is C[C@H](CCO)CC(=O)c1cnn(C)c1. The molecule has 0 amide bonds. The lowest BCUT2D eigenvalue weighted by molar-refractivity contribution is 0.0958. The average Bonchev–Trinajstić information content (AvgIpc) is 2.52. The van der Waals surface area contributed by atoms with Crippen LogP contribution < -0.4 is 0 Å². The van der Waals surface area contributed by atoms with Crippen LogP contribution in [0.5, 0.6) is 0 Å². The van der Waals surface area contributed by atoms with Crippen LogP contribution in [0.4, 0.5) is 0 Å². The van der Waals surface area contributed by atoms with Gasteiger partial charge in [-0.3, -0.25) is 9.48 Å². The highest BCUT2D eigenvalue weighted by atomic mass is 16.3. The molecular formula is C10H16N2O2. The number of Topliss-reactive ketones (excluding diaryl/α,β-unsaturated/α-hetero) is 1. The van der Waals surface area contributed by atoms with Crippen LogP contribution in [0, 0.1) is 5.92 Å². The third-order valence-corrected chi connectivity index (χ3v) is 2.18. The number of aromatic nitrogens is 2. The molecule has 0 fully saturated rings. The number of hydrogen-bond acceptors (Lipinski definition) is 3. The highest BCUT2D eigenvalue weighted by molar-refractivity contribution is 5.95. The second-order valence-electron chi connectivity index (χ2n) is 3.65. The van der Waals surface area contributed by atoms with Gasteiger partial charge >= 0.3 is 0 Å². The molecular weight excluding hydrogens is 180 g/mol. The Labute approximate surface area is 83.5 Å². The third kappa shape index (κ3) is 2.96. The van der Waals surface area contributed by atoms with E-state index in [9.17, 15) is 4.79 Å². The highest BCUT2D eigenvalue weighted by Crippen LogP contribution is 2.11. The van der Waals surface area contributed by atoms with Crippen LogP contribution in [0.15, 0.2) is 12.4 Å². The first-order valence-electron chi connectivity index (χ1n) is 4.76. The smallest absolute Gasteiger partial charge is 0.166 e. The van der Waals surface area contributed by atoms with E-state index in [-0.39, 0.29) is 18.3 Å². The van der Waals surface area contributed by atoms with Crippen molar-refractivity contribution in [2.45, 2.75) is 19.8 Å². The standard InChI is InChI=1S/C10H16N2O2/c1-8(3-4-13)5-10(14)9-6-11-12(2)7-9/h6-8,13H,3-5H2,1-2H3/t8-/m1/s1. The molecule has 4 nitrogen and oxygen atoms in total. The number of carbonyl (C=O) groups is 1. The molecule has 0 aliphatic heterocycles. The average molecular weight is 196 g/mol. The van der Waals surface area contributed by atoms with Crippen LogP contribution in [0.2, 0.25) is 0 Å². The number of aryl methyl sites for hydroxylation is 1. The summed E-state index contributed by atoms with van der Waals surface area (Å²) < 4.78 is 1.62. The zero-order valence-corrected chi connectivity index (χ0v) is 8.60. The molecule has 1 atom stereocenters. The van der Waals surface area contributed by atoms with Gasteiger partial charge in [-0.1, -0.05) is 6.92 Å². The Morgan fingerprint density at radius 3 is 2.93 bits per heavy atom. The molecule has 1 N–H and O–H groups in total.